The van der Waals surface area contributed by atoms with Crippen LogP contribution in [0.1, 0.15) is 30.1 Å². The molecular weight excluding hydrogens is 256 g/mol. The molecule has 1 aliphatic rings. The van der Waals surface area contributed by atoms with Crippen molar-refractivity contribution in [3.63, 3.8) is 0 Å². The molecule has 3 heterocycles. The van der Waals surface area contributed by atoms with Crippen molar-refractivity contribution in [1.82, 2.24) is 25.1 Å². The molecule has 8 nitrogen and oxygen atoms in total. The number of nitriles is 1. The first-order valence-electron chi connectivity index (χ1n) is 6.40. The number of nitrogens with zero attached hydrogens (tertiary/aromatic N) is 6. The number of rotatable bonds is 2. The van der Waals surface area contributed by atoms with Crippen molar-refractivity contribution in [3.8, 4) is 6.07 Å². The molecule has 3 N–H and O–H groups in total. The second kappa shape index (κ2) is 5.13. The summed E-state index contributed by atoms with van der Waals surface area (Å²) in [6, 6.07) is 1.96. The average Bonchev–Trinajstić information content (AvgIpc) is 3.01. The largest absolute Gasteiger partial charge is 0.382 e. The minimum Gasteiger partial charge on any atom is -0.382 e. The predicted octanol–water partition coefficient (Wildman–Crippen LogP) is 0.433. The lowest BCUT2D eigenvalue weighted by molar-refractivity contribution is 0.482. The van der Waals surface area contributed by atoms with Crippen LogP contribution < -0.4 is 10.6 Å². The van der Waals surface area contributed by atoms with E-state index in [0.29, 0.717) is 17.4 Å². The van der Waals surface area contributed by atoms with Crippen LogP contribution in [0, 0.1) is 11.3 Å². The summed E-state index contributed by atoms with van der Waals surface area (Å²) < 4.78 is 0. The van der Waals surface area contributed by atoms with Gasteiger partial charge in [-0.15, -0.1) is 0 Å². The molecule has 0 aliphatic carbocycles. The summed E-state index contributed by atoms with van der Waals surface area (Å²) >= 11 is 0. The third kappa shape index (κ3) is 2.25. The zero-order valence-corrected chi connectivity index (χ0v) is 10.8. The highest BCUT2D eigenvalue weighted by atomic mass is 15.3. The van der Waals surface area contributed by atoms with Crippen molar-refractivity contribution < 1.29 is 0 Å². The molecule has 0 aromatic carbocycles. The Balaban J connectivity index is 1.69. The van der Waals surface area contributed by atoms with Gasteiger partial charge in [0.15, 0.2) is 0 Å². The summed E-state index contributed by atoms with van der Waals surface area (Å²) in [6.07, 6.45) is 4.92. The van der Waals surface area contributed by atoms with Crippen molar-refractivity contribution in [3.05, 3.63) is 23.9 Å². The van der Waals surface area contributed by atoms with Crippen LogP contribution in [-0.4, -0.2) is 38.2 Å². The Labute approximate surface area is 115 Å². The van der Waals surface area contributed by atoms with Crippen molar-refractivity contribution in [2.75, 3.05) is 23.7 Å². The number of nitrogen functional groups attached to an aromatic ring is 1. The Morgan fingerprint density at radius 1 is 1.35 bits per heavy atom. The first kappa shape index (κ1) is 12.3. The molecule has 1 aliphatic heterocycles. The Morgan fingerprint density at radius 2 is 2.15 bits per heavy atom. The Bertz CT molecular complexity index is 621. The van der Waals surface area contributed by atoms with Crippen LogP contribution in [0.25, 0.3) is 0 Å². The zero-order valence-electron chi connectivity index (χ0n) is 10.8. The third-order valence-electron chi connectivity index (χ3n) is 3.52. The summed E-state index contributed by atoms with van der Waals surface area (Å²) in [5, 5.41) is 15.6. The minimum atomic E-state index is 0.231. The van der Waals surface area contributed by atoms with Crippen LogP contribution in [0.3, 0.4) is 0 Å². The van der Waals surface area contributed by atoms with Crippen LogP contribution in [0.2, 0.25) is 0 Å². The van der Waals surface area contributed by atoms with E-state index in [1.54, 1.807) is 0 Å². The molecule has 3 rings (SSSR count). The molecule has 1 saturated heterocycles. The third-order valence-corrected chi connectivity index (χ3v) is 3.52. The monoisotopic (exact) mass is 270 g/mol. The molecule has 0 amide bonds. The highest BCUT2D eigenvalue weighted by Gasteiger charge is 2.24. The van der Waals surface area contributed by atoms with E-state index >= 15 is 0 Å². The molecule has 102 valence electrons. The lowest BCUT2D eigenvalue weighted by atomic mass is 9.96. The van der Waals surface area contributed by atoms with E-state index in [9.17, 15) is 0 Å². The number of aromatic amines is 1. The van der Waals surface area contributed by atoms with Crippen LogP contribution in [0.4, 0.5) is 11.8 Å². The highest BCUT2D eigenvalue weighted by Crippen LogP contribution is 2.27. The van der Waals surface area contributed by atoms with Crippen LogP contribution in [0.5, 0.6) is 0 Å². The van der Waals surface area contributed by atoms with Crippen molar-refractivity contribution in [2.24, 2.45) is 0 Å². The number of anilines is 2. The standard InChI is InChI=1S/C12H14N8/c13-5-9-6-15-12(18-10(9)14)20-3-1-8(2-4-20)11-16-7-17-19-11/h6-8H,1-4H2,(H2,14,15,18)(H,16,17,19). The van der Waals surface area contributed by atoms with E-state index in [4.69, 9.17) is 11.0 Å². The quantitative estimate of drug-likeness (QED) is 0.811. The average molecular weight is 270 g/mol. The van der Waals surface area contributed by atoms with E-state index in [-0.39, 0.29) is 5.82 Å². The SMILES string of the molecule is N#Cc1cnc(N2CCC(c3ncn[nH]3)CC2)nc1N. The van der Waals surface area contributed by atoms with E-state index in [0.717, 1.165) is 31.8 Å². The fourth-order valence-corrected chi connectivity index (χ4v) is 2.39. The highest BCUT2D eigenvalue weighted by molar-refractivity contribution is 5.50. The van der Waals surface area contributed by atoms with Crippen LogP contribution in [-0.2, 0) is 0 Å². The van der Waals surface area contributed by atoms with Gasteiger partial charge in [-0.05, 0) is 12.8 Å². The van der Waals surface area contributed by atoms with Crippen molar-refractivity contribution in [1.29, 1.82) is 5.26 Å². The van der Waals surface area contributed by atoms with Gasteiger partial charge in [0.2, 0.25) is 5.95 Å². The number of nitrogens with one attached hydrogen (secondary N) is 1. The summed E-state index contributed by atoms with van der Waals surface area (Å²) in [5.74, 6) is 2.14. The number of piperidine rings is 1. The van der Waals surface area contributed by atoms with Gasteiger partial charge < -0.3 is 10.6 Å². The minimum absolute atomic E-state index is 0.231. The lowest BCUT2D eigenvalue weighted by Crippen LogP contribution is -2.34. The number of hydrogen-bond acceptors (Lipinski definition) is 7. The van der Waals surface area contributed by atoms with Gasteiger partial charge in [0, 0.05) is 19.0 Å². The normalized spacial score (nSPS) is 16.1. The molecule has 20 heavy (non-hydrogen) atoms. The number of hydrogen-bond donors (Lipinski definition) is 2. The van der Waals surface area contributed by atoms with E-state index in [1.807, 2.05) is 6.07 Å². The molecule has 0 saturated carbocycles. The summed E-state index contributed by atoms with van der Waals surface area (Å²) in [7, 11) is 0. The van der Waals surface area contributed by atoms with E-state index in [1.165, 1.54) is 12.5 Å². The fraction of sp³-hybridized carbons (Fsp3) is 0.417. The van der Waals surface area contributed by atoms with Gasteiger partial charge in [0.1, 0.15) is 29.6 Å². The van der Waals surface area contributed by atoms with Gasteiger partial charge in [0.25, 0.3) is 0 Å². The molecule has 2 aromatic heterocycles. The van der Waals surface area contributed by atoms with Gasteiger partial charge in [-0.1, -0.05) is 0 Å². The smallest absolute Gasteiger partial charge is 0.227 e. The topological polar surface area (TPSA) is 120 Å². The second-order valence-corrected chi connectivity index (χ2v) is 4.71. The molecular formula is C12H14N8. The molecule has 0 spiro atoms. The first-order chi connectivity index (χ1) is 9.78. The van der Waals surface area contributed by atoms with Gasteiger partial charge >= 0.3 is 0 Å². The molecule has 0 bridgehead atoms. The van der Waals surface area contributed by atoms with Crippen LogP contribution in [0.15, 0.2) is 12.5 Å². The molecule has 0 atom stereocenters. The molecule has 2 aromatic rings. The fourth-order valence-electron chi connectivity index (χ4n) is 2.39. The molecule has 0 unspecified atom stereocenters. The Morgan fingerprint density at radius 3 is 2.75 bits per heavy atom. The first-order valence-corrected chi connectivity index (χ1v) is 6.40. The maximum absolute atomic E-state index is 8.82. The van der Waals surface area contributed by atoms with Gasteiger partial charge in [-0.25, -0.2) is 9.97 Å². The van der Waals surface area contributed by atoms with E-state index in [2.05, 4.69) is 30.0 Å². The maximum atomic E-state index is 8.82. The summed E-state index contributed by atoms with van der Waals surface area (Å²) in [6.45, 7) is 1.66. The van der Waals surface area contributed by atoms with Crippen molar-refractivity contribution in [2.45, 2.75) is 18.8 Å². The number of H-pyrrole nitrogens is 1. The molecule has 1 fully saturated rings. The van der Waals surface area contributed by atoms with Gasteiger partial charge in [-0.3, -0.25) is 5.10 Å². The Kier molecular flexibility index (Phi) is 3.16. The Hall–Kier alpha value is -2.69. The summed E-state index contributed by atoms with van der Waals surface area (Å²) in [4.78, 5) is 14.7. The summed E-state index contributed by atoms with van der Waals surface area (Å²) in [5.41, 5.74) is 6.03. The van der Waals surface area contributed by atoms with Crippen LogP contribution >= 0.6 is 0 Å². The maximum Gasteiger partial charge on any atom is 0.227 e. The van der Waals surface area contributed by atoms with Crippen molar-refractivity contribution >= 4 is 11.8 Å². The number of nitrogens with two attached hydrogens (primary N) is 1. The predicted molar refractivity (Wildman–Crippen MR) is 71.7 cm³/mol. The lowest BCUT2D eigenvalue weighted by Gasteiger charge is -2.30. The molecule has 8 heteroatoms. The van der Waals surface area contributed by atoms with Gasteiger partial charge in [-0.2, -0.15) is 15.3 Å². The second-order valence-electron chi connectivity index (χ2n) is 4.71. The molecule has 0 radical (unpaired) electrons. The number of aromatic nitrogens is 5. The van der Waals surface area contributed by atoms with Gasteiger partial charge in [0.05, 0.1) is 6.20 Å². The zero-order chi connectivity index (χ0) is 13.9. The van der Waals surface area contributed by atoms with E-state index < -0.39 is 0 Å².